The number of rotatable bonds is 6. The minimum Gasteiger partial charge on any atom is -0.452 e. The van der Waals surface area contributed by atoms with Gasteiger partial charge in [0.15, 0.2) is 6.61 Å². The summed E-state index contributed by atoms with van der Waals surface area (Å²) in [6.45, 7) is -0.720. The predicted molar refractivity (Wildman–Crippen MR) is 123 cm³/mol. The molecule has 0 bridgehead atoms. The van der Waals surface area contributed by atoms with Gasteiger partial charge in [0.2, 0.25) is 0 Å². The summed E-state index contributed by atoms with van der Waals surface area (Å²) in [5.74, 6) is -1.57. The summed E-state index contributed by atoms with van der Waals surface area (Å²) in [5, 5.41) is 4.85. The van der Waals surface area contributed by atoms with Crippen molar-refractivity contribution in [3.05, 3.63) is 95.0 Å². The van der Waals surface area contributed by atoms with Gasteiger partial charge in [0.1, 0.15) is 0 Å². The number of hydrogen-bond acceptors (Lipinski definition) is 6. The average Bonchev–Trinajstić information content (AvgIpc) is 3.31. The summed E-state index contributed by atoms with van der Waals surface area (Å²) < 4.78 is 45.5. The molecule has 1 aromatic heterocycles. The third kappa shape index (κ3) is 5.46. The molecule has 172 valence electrons. The number of anilines is 1. The Morgan fingerprint density at radius 3 is 2.59 bits per heavy atom. The van der Waals surface area contributed by atoms with E-state index < -0.39 is 30.2 Å². The van der Waals surface area contributed by atoms with Crippen molar-refractivity contribution >= 4 is 45.3 Å². The van der Waals surface area contributed by atoms with Crippen molar-refractivity contribution < 1.29 is 27.5 Å². The first-order valence-electron chi connectivity index (χ1n) is 9.91. The Bertz CT molecular complexity index is 1350. The van der Waals surface area contributed by atoms with Crippen LogP contribution in [0.25, 0.3) is 10.2 Å². The quantitative estimate of drug-likeness (QED) is 0.205. The average molecular weight is 483 g/mol. The van der Waals surface area contributed by atoms with E-state index in [0.717, 1.165) is 27.4 Å². The predicted octanol–water partition coefficient (Wildman–Crippen LogP) is 5.54. The van der Waals surface area contributed by atoms with Gasteiger partial charge in [-0.05, 0) is 42.0 Å². The molecule has 1 amide bonds. The van der Waals surface area contributed by atoms with Gasteiger partial charge in [0, 0.05) is 0 Å². The maximum absolute atomic E-state index is 13.2. The van der Waals surface area contributed by atoms with Crippen LogP contribution in [0, 0.1) is 0 Å². The number of aromatic nitrogens is 1. The highest BCUT2D eigenvalue weighted by atomic mass is 32.1. The fourth-order valence-corrected chi connectivity index (χ4v) is 3.72. The number of benzene rings is 3. The molecule has 0 saturated heterocycles. The lowest BCUT2D eigenvalue weighted by molar-refractivity contribution is -0.137. The lowest BCUT2D eigenvalue weighted by Gasteiger charge is -2.18. The first-order chi connectivity index (χ1) is 16.3. The number of thiazole rings is 1. The molecule has 0 atom stereocenters. The van der Waals surface area contributed by atoms with E-state index in [1.807, 2.05) is 0 Å². The van der Waals surface area contributed by atoms with Gasteiger partial charge in [-0.3, -0.25) is 4.79 Å². The molecule has 34 heavy (non-hydrogen) atoms. The Balaban J connectivity index is 1.55. The van der Waals surface area contributed by atoms with Crippen molar-refractivity contribution in [3.8, 4) is 0 Å². The standard InChI is InChI=1S/C24H16F3N3O3S/c25-24(26,27)18-7-4-8-19(12-18)30(29-13-16-5-2-1-3-6-16)22(31)14-33-23(32)17-9-10-20-21(11-17)34-15-28-20/h1-13,15H,14H2. The molecule has 0 aliphatic rings. The molecule has 0 N–H and O–H groups in total. The number of carbonyl (C=O) groups is 2. The van der Waals surface area contributed by atoms with Gasteiger partial charge in [0.05, 0.1) is 38.8 Å². The molecule has 1 heterocycles. The molecule has 0 aliphatic carbocycles. The zero-order chi connectivity index (χ0) is 24.1. The lowest BCUT2D eigenvalue weighted by atomic mass is 10.2. The minimum absolute atomic E-state index is 0.117. The second-order valence-corrected chi connectivity index (χ2v) is 7.91. The van der Waals surface area contributed by atoms with E-state index in [9.17, 15) is 22.8 Å². The molecular formula is C24H16F3N3O3S. The Hall–Kier alpha value is -4.05. The summed E-state index contributed by atoms with van der Waals surface area (Å²) in [6.07, 6.45) is -3.27. The molecule has 0 fully saturated rings. The van der Waals surface area contributed by atoms with E-state index in [4.69, 9.17) is 4.74 Å². The molecular weight excluding hydrogens is 467 g/mol. The summed E-state index contributed by atoms with van der Waals surface area (Å²) >= 11 is 1.35. The smallest absolute Gasteiger partial charge is 0.416 e. The van der Waals surface area contributed by atoms with Crippen molar-refractivity contribution in [2.45, 2.75) is 6.18 Å². The van der Waals surface area contributed by atoms with Crippen LogP contribution in [-0.2, 0) is 15.7 Å². The van der Waals surface area contributed by atoms with Crippen LogP contribution in [0.5, 0.6) is 0 Å². The molecule has 3 aromatic carbocycles. The van der Waals surface area contributed by atoms with Crippen molar-refractivity contribution in [2.75, 3.05) is 11.6 Å². The Kier molecular flexibility index (Phi) is 6.69. The van der Waals surface area contributed by atoms with Crippen LogP contribution in [0.4, 0.5) is 18.9 Å². The summed E-state index contributed by atoms with van der Waals surface area (Å²) in [6, 6.07) is 17.7. The van der Waals surface area contributed by atoms with E-state index in [1.165, 1.54) is 35.8 Å². The highest BCUT2D eigenvalue weighted by Gasteiger charge is 2.31. The lowest BCUT2D eigenvalue weighted by Crippen LogP contribution is -2.31. The van der Waals surface area contributed by atoms with E-state index in [0.29, 0.717) is 5.56 Å². The second-order valence-electron chi connectivity index (χ2n) is 7.02. The number of amides is 1. The molecule has 0 saturated carbocycles. The number of hydrogen-bond donors (Lipinski definition) is 0. The van der Waals surface area contributed by atoms with Crippen LogP contribution in [0.3, 0.4) is 0 Å². The number of nitrogens with zero attached hydrogens (tertiary/aromatic N) is 3. The largest absolute Gasteiger partial charge is 0.452 e. The van der Waals surface area contributed by atoms with Gasteiger partial charge in [-0.15, -0.1) is 11.3 Å². The molecule has 4 aromatic rings. The van der Waals surface area contributed by atoms with Crippen LogP contribution in [0.1, 0.15) is 21.5 Å². The molecule has 0 spiro atoms. The van der Waals surface area contributed by atoms with Crippen LogP contribution in [0.2, 0.25) is 0 Å². The zero-order valence-corrected chi connectivity index (χ0v) is 18.2. The SMILES string of the molecule is O=C(OCC(=O)N(N=Cc1ccccc1)c1cccc(C(F)(F)F)c1)c1ccc2ncsc2c1. The minimum atomic E-state index is -4.60. The monoisotopic (exact) mass is 483 g/mol. The van der Waals surface area contributed by atoms with Gasteiger partial charge in [-0.2, -0.15) is 23.3 Å². The summed E-state index contributed by atoms with van der Waals surface area (Å²) in [4.78, 5) is 29.5. The number of carbonyl (C=O) groups excluding carboxylic acids is 2. The van der Waals surface area contributed by atoms with E-state index in [-0.39, 0.29) is 11.3 Å². The molecule has 0 unspecified atom stereocenters. The molecule has 4 rings (SSSR count). The van der Waals surface area contributed by atoms with Crippen LogP contribution < -0.4 is 5.01 Å². The highest BCUT2D eigenvalue weighted by Crippen LogP contribution is 2.32. The van der Waals surface area contributed by atoms with Crippen LogP contribution in [0.15, 0.2) is 83.4 Å². The Morgan fingerprint density at radius 2 is 1.82 bits per heavy atom. The third-order valence-electron chi connectivity index (χ3n) is 4.67. The first kappa shape index (κ1) is 23.1. The van der Waals surface area contributed by atoms with Crippen LogP contribution >= 0.6 is 11.3 Å². The number of hydrazone groups is 1. The first-order valence-corrected chi connectivity index (χ1v) is 10.8. The zero-order valence-electron chi connectivity index (χ0n) is 17.4. The van der Waals surface area contributed by atoms with E-state index in [1.54, 1.807) is 48.0 Å². The molecule has 10 heteroatoms. The third-order valence-corrected chi connectivity index (χ3v) is 5.46. The van der Waals surface area contributed by atoms with Crippen LogP contribution in [-0.4, -0.2) is 29.7 Å². The van der Waals surface area contributed by atoms with E-state index in [2.05, 4.69) is 10.1 Å². The van der Waals surface area contributed by atoms with Gasteiger partial charge >= 0.3 is 12.1 Å². The summed E-state index contributed by atoms with van der Waals surface area (Å²) in [5.41, 5.74) is 2.16. The number of alkyl halides is 3. The van der Waals surface area contributed by atoms with Gasteiger partial charge in [0.25, 0.3) is 5.91 Å². The number of esters is 1. The maximum Gasteiger partial charge on any atom is 0.416 e. The fraction of sp³-hybridized carbons (Fsp3) is 0.0833. The van der Waals surface area contributed by atoms with Crippen molar-refractivity contribution in [3.63, 3.8) is 0 Å². The summed E-state index contributed by atoms with van der Waals surface area (Å²) in [7, 11) is 0. The van der Waals surface area contributed by atoms with Crippen molar-refractivity contribution in [1.29, 1.82) is 0 Å². The highest BCUT2D eigenvalue weighted by molar-refractivity contribution is 7.16. The number of ether oxygens (including phenoxy) is 1. The van der Waals surface area contributed by atoms with Gasteiger partial charge in [-0.25, -0.2) is 9.78 Å². The maximum atomic E-state index is 13.2. The topological polar surface area (TPSA) is 71.9 Å². The molecule has 0 radical (unpaired) electrons. The van der Waals surface area contributed by atoms with Gasteiger partial charge in [-0.1, -0.05) is 36.4 Å². The molecule has 6 nitrogen and oxygen atoms in total. The van der Waals surface area contributed by atoms with Gasteiger partial charge < -0.3 is 4.74 Å². The van der Waals surface area contributed by atoms with Crippen molar-refractivity contribution in [2.24, 2.45) is 5.10 Å². The fourth-order valence-electron chi connectivity index (χ4n) is 3.01. The van der Waals surface area contributed by atoms with Crippen molar-refractivity contribution in [1.82, 2.24) is 4.98 Å². The Morgan fingerprint density at radius 1 is 1.03 bits per heavy atom. The Labute approximate surface area is 195 Å². The number of halogens is 3. The molecule has 0 aliphatic heterocycles. The normalized spacial score (nSPS) is 11.6. The second kappa shape index (κ2) is 9.84. The van der Waals surface area contributed by atoms with E-state index >= 15 is 0 Å². The number of fused-ring (bicyclic) bond motifs is 1.